The molecule has 0 aromatic carbocycles. The molecule has 6 heteroatoms. The summed E-state index contributed by atoms with van der Waals surface area (Å²) in [5.41, 5.74) is 5.17. The summed E-state index contributed by atoms with van der Waals surface area (Å²) in [4.78, 5) is 28.1. The van der Waals surface area contributed by atoms with E-state index in [-0.39, 0.29) is 24.1 Å². The first-order valence-corrected chi connectivity index (χ1v) is 8.08. The number of nitrogens with two attached hydrogens (primary N) is 1. The van der Waals surface area contributed by atoms with Crippen LogP contribution in [0.5, 0.6) is 0 Å². The maximum absolute atomic E-state index is 12.5. The van der Waals surface area contributed by atoms with E-state index in [2.05, 4.69) is 0 Å². The van der Waals surface area contributed by atoms with Crippen LogP contribution in [0.1, 0.15) is 54.4 Å². The van der Waals surface area contributed by atoms with E-state index in [1.807, 2.05) is 34.6 Å². The van der Waals surface area contributed by atoms with Crippen molar-refractivity contribution in [2.45, 2.75) is 78.1 Å². The maximum Gasteiger partial charge on any atom is 0.410 e. The van der Waals surface area contributed by atoms with E-state index in [1.54, 1.807) is 16.7 Å². The number of amides is 2. The van der Waals surface area contributed by atoms with E-state index in [1.165, 1.54) is 0 Å². The summed E-state index contributed by atoms with van der Waals surface area (Å²) < 4.78 is 5.52. The van der Waals surface area contributed by atoms with Gasteiger partial charge in [0.15, 0.2) is 0 Å². The fraction of sp³-hybridized carbons (Fsp3) is 0.875. The Morgan fingerprint density at radius 1 is 1.27 bits per heavy atom. The number of carbonyl (C=O) groups is 2. The minimum absolute atomic E-state index is 0.0187. The molecule has 2 amide bonds. The van der Waals surface area contributed by atoms with Gasteiger partial charge in [0.25, 0.3) is 0 Å². The van der Waals surface area contributed by atoms with Crippen LogP contribution in [-0.2, 0) is 9.53 Å². The molecule has 1 saturated heterocycles. The monoisotopic (exact) mass is 313 g/mol. The summed E-state index contributed by atoms with van der Waals surface area (Å²) in [6.45, 7) is 12.4. The Labute approximate surface area is 134 Å². The van der Waals surface area contributed by atoms with Crippen LogP contribution < -0.4 is 5.73 Å². The van der Waals surface area contributed by atoms with Crippen molar-refractivity contribution < 1.29 is 14.3 Å². The van der Waals surface area contributed by atoms with Crippen molar-refractivity contribution in [3.8, 4) is 0 Å². The van der Waals surface area contributed by atoms with Gasteiger partial charge in [0.2, 0.25) is 5.91 Å². The van der Waals surface area contributed by atoms with Gasteiger partial charge in [0, 0.05) is 19.1 Å². The van der Waals surface area contributed by atoms with E-state index in [4.69, 9.17) is 10.5 Å². The molecule has 1 aliphatic heterocycles. The van der Waals surface area contributed by atoms with Crippen molar-refractivity contribution in [2.75, 3.05) is 13.1 Å². The highest BCUT2D eigenvalue weighted by Gasteiger charge is 2.34. The molecule has 0 saturated carbocycles. The Bertz CT molecular complexity index is 402. The lowest BCUT2D eigenvalue weighted by Gasteiger charge is -2.42. The van der Waals surface area contributed by atoms with Crippen LogP contribution in [0.2, 0.25) is 0 Å². The SMILES string of the molecule is CC(C)N(C(=O)OC(C)(C)C)C1CCCN(C(=O)[C@H](C)N)C1. The summed E-state index contributed by atoms with van der Waals surface area (Å²) >= 11 is 0. The Morgan fingerprint density at radius 3 is 2.32 bits per heavy atom. The maximum atomic E-state index is 12.5. The average Bonchev–Trinajstić information content (AvgIpc) is 2.35. The van der Waals surface area contributed by atoms with Gasteiger partial charge < -0.3 is 20.3 Å². The predicted octanol–water partition coefficient (Wildman–Crippen LogP) is 1.97. The van der Waals surface area contributed by atoms with E-state index in [9.17, 15) is 9.59 Å². The van der Waals surface area contributed by atoms with Gasteiger partial charge in [0.1, 0.15) is 5.60 Å². The van der Waals surface area contributed by atoms with Crippen molar-refractivity contribution in [1.82, 2.24) is 9.80 Å². The third-order valence-corrected chi connectivity index (χ3v) is 3.65. The Morgan fingerprint density at radius 2 is 1.86 bits per heavy atom. The van der Waals surface area contributed by atoms with Gasteiger partial charge in [-0.25, -0.2) is 4.79 Å². The molecule has 1 rings (SSSR count). The van der Waals surface area contributed by atoms with Crippen LogP contribution in [0, 0.1) is 0 Å². The van der Waals surface area contributed by atoms with Crippen LogP contribution in [0.3, 0.4) is 0 Å². The van der Waals surface area contributed by atoms with Crippen molar-refractivity contribution in [3.05, 3.63) is 0 Å². The summed E-state index contributed by atoms with van der Waals surface area (Å²) in [6, 6.07) is -0.510. The molecule has 0 aromatic rings. The molecule has 22 heavy (non-hydrogen) atoms. The number of rotatable bonds is 3. The minimum atomic E-state index is -0.528. The Kier molecular flexibility index (Phi) is 6.23. The van der Waals surface area contributed by atoms with Crippen LogP contribution in [0.15, 0.2) is 0 Å². The zero-order chi connectivity index (χ0) is 17.1. The number of ether oxygens (including phenoxy) is 1. The first kappa shape index (κ1) is 18.7. The number of carbonyl (C=O) groups excluding carboxylic acids is 2. The predicted molar refractivity (Wildman–Crippen MR) is 86.5 cm³/mol. The summed E-state index contributed by atoms with van der Waals surface area (Å²) in [7, 11) is 0. The first-order chi connectivity index (χ1) is 10.0. The molecule has 1 fully saturated rings. The van der Waals surface area contributed by atoms with Crippen LogP contribution in [0.25, 0.3) is 0 Å². The van der Waals surface area contributed by atoms with Crippen LogP contribution in [0.4, 0.5) is 4.79 Å². The highest BCUT2D eigenvalue weighted by molar-refractivity contribution is 5.81. The smallest absolute Gasteiger partial charge is 0.410 e. The third-order valence-electron chi connectivity index (χ3n) is 3.65. The third kappa shape index (κ3) is 5.16. The summed E-state index contributed by atoms with van der Waals surface area (Å²) in [5, 5.41) is 0. The normalized spacial score (nSPS) is 20.7. The molecule has 0 spiro atoms. The first-order valence-electron chi connectivity index (χ1n) is 8.08. The molecule has 128 valence electrons. The molecule has 0 aromatic heterocycles. The molecule has 0 bridgehead atoms. The van der Waals surface area contributed by atoms with E-state index in [0.717, 1.165) is 12.8 Å². The standard InChI is InChI=1S/C16H31N3O3/c1-11(2)19(15(21)22-16(4,5)6)13-8-7-9-18(10-13)14(20)12(3)17/h11-13H,7-10,17H2,1-6H3/t12-,13?/m0/s1. The van der Waals surface area contributed by atoms with Gasteiger partial charge in [-0.15, -0.1) is 0 Å². The zero-order valence-corrected chi connectivity index (χ0v) is 14.8. The highest BCUT2D eigenvalue weighted by Crippen LogP contribution is 2.21. The van der Waals surface area contributed by atoms with Crippen molar-refractivity contribution in [2.24, 2.45) is 5.73 Å². The fourth-order valence-electron chi connectivity index (χ4n) is 2.77. The van der Waals surface area contributed by atoms with E-state index in [0.29, 0.717) is 13.1 Å². The molecular formula is C16H31N3O3. The lowest BCUT2D eigenvalue weighted by atomic mass is 10.0. The molecule has 2 atom stereocenters. The van der Waals surface area contributed by atoms with Gasteiger partial charge in [-0.3, -0.25) is 4.79 Å². The van der Waals surface area contributed by atoms with Crippen LogP contribution in [-0.4, -0.2) is 58.6 Å². The number of hydrogen-bond donors (Lipinski definition) is 1. The Balaban J connectivity index is 2.83. The second kappa shape index (κ2) is 7.31. The van der Waals surface area contributed by atoms with Gasteiger partial charge in [-0.2, -0.15) is 0 Å². The number of hydrogen-bond acceptors (Lipinski definition) is 4. The molecular weight excluding hydrogens is 282 g/mol. The van der Waals surface area contributed by atoms with Gasteiger partial charge in [0.05, 0.1) is 12.1 Å². The topological polar surface area (TPSA) is 75.9 Å². The fourth-order valence-corrected chi connectivity index (χ4v) is 2.77. The molecule has 1 heterocycles. The summed E-state index contributed by atoms with van der Waals surface area (Å²) in [5.74, 6) is -0.0578. The average molecular weight is 313 g/mol. The molecule has 1 unspecified atom stereocenters. The van der Waals surface area contributed by atoms with E-state index >= 15 is 0 Å². The molecule has 1 aliphatic rings. The Hall–Kier alpha value is -1.30. The molecule has 6 nitrogen and oxygen atoms in total. The quantitative estimate of drug-likeness (QED) is 0.864. The van der Waals surface area contributed by atoms with Gasteiger partial charge >= 0.3 is 6.09 Å². The van der Waals surface area contributed by atoms with Crippen molar-refractivity contribution >= 4 is 12.0 Å². The van der Waals surface area contributed by atoms with Gasteiger partial charge in [-0.05, 0) is 54.4 Å². The largest absolute Gasteiger partial charge is 0.444 e. The van der Waals surface area contributed by atoms with Gasteiger partial charge in [-0.1, -0.05) is 0 Å². The highest BCUT2D eigenvalue weighted by atomic mass is 16.6. The second-order valence-corrected chi connectivity index (χ2v) is 7.35. The van der Waals surface area contributed by atoms with Crippen LogP contribution >= 0.6 is 0 Å². The zero-order valence-electron chi connectivity index (χ0n) is 14.8. The van der Waals surface area contributed by atoms with Crippen molar-refractivity contribution in [1.29, 1.82) is 0 Å². The summed E-state index contributed by atoms with van der Waals surface area (Å²) in [6.07, 6.45) is 1.43. The lowest BCUT2D eigenvalue weighted by Crippen LogP contribution is -2.56. The number of likely N-dealkylation sites (tertiary alicyclic amines) is 1. The second-order valence-electron chi connectivity index (χ2n) is 7.35. The molecule has 2 N–H and O–H groups in total. The lowest BCUT2D eigenvalue weighted by molar-refractivity contribution is -0.134. The number of nitrogens with zero attached hydrogens (tertiary/aromatic N) is 2. The molecule has 0 aliphatic carbocycles. The number of piperidine rings is 1. The minimum Gasteiger partial charge on any atom is -0.444 e. The molecule has 0 radical (unpaired) electrons. The van der Waals surface area contributed by atoms with Crippen molar-refractivity contribution in [3.63, 3.8) is 0 Å². The van der Waals surface area contributed by atoms with E-state index < -0.39 is 11.6 Å².